The third kappa shape index (κ3) is 4.68. The van der Waals surface area contributed by atoms with Crippen molar-refractivity contribution in [1.29, 1.82) is 0 Å². The standard InChI is InChI=1S/C17H28O3Si/c1-12-8-14(10-16(18)19)9-13(2)15(12)11-20-21(6,7)17(3,4)5/h8-9H,10-11H2,1-7H3,(H,18,19). The van der Waals surface area contributed by atoms with Crippen LogP contribution in [0.15, 0.2) is 12.1 Å². The summed E-state index contributed by atoms with van der Waals surface area (Å²) in [5, 5.41) is 9.09. The zero-order valence-corrected chi connectivity index (χ0v) is 15.3. The molecule has 0 radical (unpaired) electrons. The molecule has 0 unspecified atom stereocenters. The summed E-state index contributed by atoms with van der Waals surface area (Å²) in [5.41, 5.74) is 4.28. The molecule has 3 nitrogen and oxygen atoms in total. The number of carbonyl (C=O) groups is 1. The summed E-state index contributed by atoms with van der Waals surface area (Å²) >= 11 is 0. The molecular formula is C17H28O3Si. The molecular weight excluding hydrogens is 280 g/mol. The molecule has 1 aromatic carbocycles. The van der Waals surface area contributed by atoms with Crippen LogP contribution in [-0.2, 0) is 22.2 Å². The van der Waals surface area contributed by atoms with E-state index in [1.54, 1.807) is 0 Å². The van der Waals surface area contributed by atoms with Gasteiger partial charge in [0.05, 0.1) is 13.0 Å². The Morgan fingerprint density at radius 2 is 1.67 bits per heavy atom. The van der Waals surface area contributed by atoms with Crippen molar-refractivity contribution in [3.8, 4) is 0 Å². The zero-order chi connectivity index (χ0) is 16.4. The van der Waals surface area contributed by atoms with Gasteiger partial charge in [-0.1, -0.05) is 32.9 Å². The summed E-state index contributed by atoms with van der Waals surface area (Å²) in [6.07, 6.45) is 0.0745. The van der Waals surface area contributed by atoms with E-state index in [9.17, 15) is 4.79 Å². The second-order valence-corrected chi connectivity index (χ2v) is 12.1. The lowest BCUT2D eigenvalue weighted by Gasteiger charge is -2.36. The fourth-order valence-corrected chi connectivity index (χ4v) is 2.99. The number of aryl methyl sites for hydroxylation is 2. The third-order valence-corrected chi connectivity index (χ3v) is 8.97. The van der Waals surface area contributed by atoms with Gasteiger partial charge in [-0.25, -0.2) is 0 Å². The number of hydrogen-bond donors (Lipinski definition) is 1. The second-order valence-electron chi connectivity index (χ2n) is 7.33. The minimum atomic E-state index is -1.77. The Kier molecular flexibility index (Phi) is 5.39. The topological polar surface area (TPSA) is 46.5 Å². The van der Waals surface area contributed by atoms with Crippen LogP contribution in [0.25, 0.3) is 0 Å². The Hall–Kier alpha value is -1.13. The Bertz CT molecular complexity index is 504. The molecule has 0 saturated carbocycles. The van der Waals surface area contributed by atoms with Gasteiger partial charge in [0.2, 0.25) is 0 Å². The minimum absolute atomic E-state index is 0.0745. The van der Waals surface area contributed by atoms with Crippen LogP contribution in [0.4, 0.5) is 0 Å². The molecule has 0 atom stereocenters. The predicted molar refractivity (Wildman–Crippen MR) is 89.2 cm³/mol. The average Bonchev–Trinajstić information content (AvgIpc) is 2.24. The van der Waals surface area contributed by atoms with Crippen molar-refractivity contribution < 1.29 is 14.3 Å². The third-order valence-electron chi connectivity index (χ3n) is 4.49. The van der Waals surface area contributed by atoms with Crippen molar-refractivity contribution in [3.05, 3.63) is 34.4 Å². The Labute approximate surface area is 129 Å². The summed E-state index contributed by atoms with van der Waals surface area (Å²) in [7, 11) is -1.77. The SMILES string of the molecule is Cc1cc(CC(=O)O)cc(C)c1CO[Si](C)(C)C(C)(C)C. The van der Waals surface area contributed by atoms with Crippen molar-refractivity contribution in [2.24, 2.45) is 0 Å². The molecule has 0 bridgehead atoms. The second kappa shape index (κ2) is 6.32. The molecule has 0 aliphatic rings. The summed E-state index contributed by atoms with van der Waals surface area (Å²) < 4.78 is 6.29. The number of carboxylic acids is 1. The molecule has 0 amide bonds. The number of rotatable bonds is 5. The number of hydrogen-bond acceptors (Lipinski definition) is 2. The summed E-state index contributed by atoms with van der Waals surface area (Å²) in [5.74, 6) is -0.793. The molecule has 0 spiro atoms. The van der Waals surface area contributed by atoms with Crippen LogP contribution in [0.5, 0.6) is 0 Å². The van der Waals surface area contributed by atoms with Crippen LogP contribution in [0, 0.1) is 13.8 Å². The van der Waals surface area contributed by atoms with Crippen molar-refractivity contribution >= 4 is 14.3 Å². The maximum absolute atomic E-state index is 10.8. The van der Waals surface area contributed by atoms with E-state index < -0.39 is 14.3 Å². The van der Waals surface area contributed by atoms with E-state index in [0.29, 0.717) is 6.61 Å². The molecule has 0 heterocycles. The van der Waals surface area contributed by atoms with Crippen molar-refractivity contribution in [2.45, 2.75) is 65.8 Å². The van der Waals surface area contributed by atoms with E-state index in [0.717, 1.165) is 16.7 Å². The highest BCUT2D eigenvalue weighted by atomic mass is 28.4. The molecule has 0 saturated heterocycles. The highest BCUT2D eigenvalue weighted by molar-refractivity contribution is 6.74. The van der Waals surface area contributed by atoms with Gasteiger partial charge >= 0.3 is 5.97 Å². The molecule has 1 rings (SSSR count). The molecule has 1 aromatic rings. The summed E-state index contributed by atoms with van der Waals surface area (Å²) in [6.45, 7) is 15.9. The Morgan fingerprint density at radius 3 is 2.05 bits per heavy atom. The number of benzene rings is 1. The van der Waals surface area contributed by atoms with Gasteiger partial charge < -0.3 is 9.53 Å². The Balaban J connectivity index is 2.93. The van der Waals surface area contributed by atoms with Gasteiger partial charge in [-0.15, -0.1) is 0 Å². The smallest absolute Gasteiger partial charge is 0.307 e. The molecule has 0 fully saturated rings. The van der Waals surface area contributed by atoms with E-state index >= 15 is 0 Å². The first kappa shape index (κ1) is 17.9. The summed E-state index contributed by atoms with van der Waals surface area (Å²) in [4.78, 5) is 10.8. The highest BCUT2D eigenvalue weighted by Crippen LogP contribution is 2.37. The highest BCUT2D eigenvalue weighted by Gasteiger charge is 2.37. The monoisotopic (exact) mass is 308 g/mol. The van der Waals surface area contributed by atoms with Crippen LogP contribution >= 0.6 is 0 Å². The molecule has 21 heavy (non-hydrogen) atoms. The van der Waals surface area contributed by atoms with E-state index in [4.69, 9.17) is 9.53 Å². The maximum atomic E-state index is 10.8. The molecule has 0 aromatic heterocycles. The molecule has 0 aliphatic heterocycles. The largest absolute Gasteiger partial charge is 0.481 e. The molecule has 0 aliphatic carbocycles. The Morgan fingerprint density at radius 1 is 1.19 bits per heavy atom. The normalized spacial score (nSPS) is 12.5. The average molecular weight is 308 g/mol. The molecule has 4 heteroatoms. The zero-order valence-electron chi connectivity index (χ0n) is 14.3. The van der Waals surface area contributed by atoms with E-state index in [-0.39, 0.29) is 11.5 Å². The molecule has 118 valence electrons. The van der Waals surface area contributed by atoms with Gasteiger partial charge in [0.15, 0.2) is 8.32 Å². The van der Waals surface area contributed by atoms with Gasteiger partial charge in [0, 0.05) is 0 Å². The first-order valence-electron chi connectivity index (χ1n) is 7.39. The van der Waals surface area contributed by atoms with E-state index in [1.807, 2.05) is 26.0 Å². The van der Waals surface area contributed by atoms with Crippen LogP contribution in [0.3, 0.4) is 0 Å². The number of carboxylic acid groups (broad SMARTS) is 1. The maximum Gasteiger partial charge on any atom is 0.307 e. The van der Waals surface area contributed by atoms with E-state index in [2.05, 4.69) is 33.9 Å². The number of aliphatic carboxylic acids is 1. The van der Waals surface area contributed by atoms with Crippen LogP contribution in [0.2, 0.25) is 18.1 Å². The van der Waals surface area contributed by atoms with Gasteiger partial charge in [-0.05, 0) is 54.2 Å². The van der Waals surface area contributed by atoms with Crippen molar-refractivity contribution in [1.82, 2.24) is 0 Å². The van der Waals surface area contributed by atoms with Crippen LogP contribution < -0.4 is 0 Å². The summed E-state index contributed by atoms with van der Waals surface area (Å²) in [6, 6.07) is 3.93. The van der Waals surface area contributed by atoms with Gasteiger partial charge in [-0.2, -0.15) is 0 Å². The predicted octanol–water partition coefficient (Wildman–Crippen LogP) is 4.45. The van der Waals surface area contributed by atoms with Gasteiger partial charge in [0.25, 0.3) is 0 Å². The fraction of sp³-hybridized carbons (Fsp3) is 0.588. The first-order chi connectivity index (χ1) is 9.44. The van der Waals surface area contributed by atoms with Crippen LogP contribution in [-0.4, -0.2) is 19.4 Å². The van der Waals surface area contributed by atoms with Crippen molar-refractivity contribution in [2.75, 3.05) is 0 Å². The van der Waals surface area contributed by atoms with Gasteiger partial charge in [0.1, 0.15) is 0 Å². The van der Waals surface area contributed by atoms with Crippen molar-refractivity contribution in [3.63, 3.8) is 0 Å². The quantitative estimate of drug-likeness (QED) is 0.817. The van der Waals surface area contributed by atoms with Crippen LogP contribution in [0.1, 0.15) is 43.0 Å². The van der Waals surface area contributed by atoms with E-state index in [1.165, 1.54) is 5.56 Å². The van der Waals surface area contributed by atoms with Gasteiger partial charge in [-0.3, -0.25) is 4.79 Å². The molecule has 1 N–H and O–H groups in total. The lowest BCUT2D eigenvalue weighted by atomic mass is 9.98. The minimum Gasteiger partial charge on any atom is -0.481 e. The lowest BCUT2D eigenvalue weighted by molar-refractivity contribution is -0.136. The fourth-order valence-electron chi connectivity index (χ4n) is 2.06. The first-order valence-corrected chi connectivity index (χ1v) is 10.3. The lowest BCUT2D eigenvalue weighted by Crippen LogP contribution is -2.40.